The molecule has 1 unspecified atom stereocenters. The van der Waals surface area contributed by atoms with E-state index < -0.39 is 0 Å². The van der Waals surface area contributed by atoms with Crippen molar-refractivity contribution in [3.05, 3.63) is 16.6 Å². The van der Waals surface area contributed by atoms with Crippen molar-refractivity contribution < 1.29 is 10.0 Å². The number of rotatable bonds is 4. The molecule has 1 aromatic rings. The van der Waals surface area contributed by atoms with Crippen molar-refractivity contribution in [2.75, 3.05) is 0 Å². The van der Waals surface area contributed by atoms with Gasteiger partial charge in [0, 0.05) is 5.38 Å². The molecular formula is C9H12N4O2S. The van der Waals surface area contributed by atoms with Crippen LogP contribution in [0.4, 0.5) is 0 Å². The molecule has 16 heavy (non-hydrogen) atoms. The molecule has 1 fully saturated rings. The van der Waals surface area contributed by atoms with Gasteiger partial charge < -0.3 is 16.3 Å². The maximum atomic E-state index is 11.7. The summed E-state index contributed by atoms with van der Waals surface area (Å²) in [5.74, 6) is 0.0364. The van der Waals surface area contributed by atoms with Gasteiger partial charge in [-0.3, -0.25) is 4.79 Å². The molecule has 0 aromatic carbocycles. The van der Waals surface area contributed by atoms with Gasteiger partial charge in [0.1, 0.15) is 5.69 Å². The van der Waals surface area contributed by atoms with E-state index in [0.717, 1.165) is 12.8 Å². The molecule has 1 aliphatic carbocycles. The molecular weight excluding hydrogens is 228 g/mol. The van der Waals surface area contributed by atoms with Crippen LogP contribution in [0.25, 0.3) is 0 Å². The molecule has 6 nitrogen and oxygen atoms in total. The lowest BCUT2D eigenvalue weighted by Crippen LogP contribution is -2.46. The Labute approximate surface area is 96.2 Å². The molecule has 7 heteroatoms. The number of hydrogen-bond acceptors (Lipinski definition) is 5. The maximum Gasteiger partial charge on any atom is 0.271 e. The average Bonchev–Trinajstić information content (AvgIpc) is 2.98. The Morgan fingerprint density at radius 3 is 3.00 bits per heavy atom. The van der Waals surface area contributed by atoms with Gasteiger partial charge in [0.15, 0.2) is 5.84 Å². The number of carbonyl (C=O) groups excluding carboxylic acids is 1. The van der Waals surface area contributed by atoms with Crippen LogP contribution >= 0.6 is 11.3 Å². The minimum absolute atomic E-state index is 0.0473. The Hall–Kier alpha value is -1.63. The molecule has 0 spiro atoms. The van der Waals surface area contributed by atoms with Crippen molar-refractivity contribution in [1.82, 2.24) is 10.3 Å². The molecule has 0 saturated heterocycles. The average molecular weight is 240 g/mol. The molecule has 1 saturated carbocycles. The van der Waals surface area contributed by atoms with E-state index in [9.17, 15) is 4.79 Å². The lowest BCUT2D eigenvalue weighted by atomic mass is 10.1. The first-order valence-electron chi connectivity index (χ1n) is 4.89. The van der Waals surface area contributed by atoms with Gasteiger partial charge in [-0.1, -0.05) is 5.16 Å². The minimum atomic E-state index is -0.390. The number of amidine groups is 1. The number of nitrogens with zero attached hydrogens (tertiary/aromatic N) is 2. The largest absolute Gasteiger partial charge is 0.409 e. The number of oxime groups is 1. The van der Waals surface area contributed by atoms with Gasteiger partial charge in [-0.15, -0.1) is 11.3 Å². The molecule has 86 valence electrons. The van der Waals surface area contributed by atoms with E-state index in [0.29, 0.717) is 5.69 Å². The SMILES string of the molecule is NC(=NO)C(NC(=O)c1cscn1)C1CC1. The number of nitrogens with two attached hydrogens (primary N) is 1. The van der Waals surface area contributed by atoms with Gasteiger partial charge in [-0.2, -0.15) is 0 Å². The molecule has 1 heterocycles. The summed E-state index contributed by atoms with van der Waals surface area (Å²) in [7, 11) is 0. The molecule has 4 N–H and O–H groups in total. The van der Waals surface area contributed by atoms with Gasteiger partial charge in [-0.25, -0.2) is 4.98 Å². The number of carbonyl (C=O) groups is 1. The normalized spacial score (nSPS) is 18.1. The van der Waals surface area contributed by atoms with E-state index in [1.54, 1.807) is 10.9 Å². The van der Waals surface area contributed by atoms with Gasteiger partial charge in [0.2, 0.25) is 0 Å². The summed E-state index contributed by atoms with van der Waals surface area (Å²) in [5.41, 5.74) is 7.48. The Morgan fingerprint density at radius 1 is 1.75 bits per heavy atom. The summed E-state index contributed by atoms with van der Waals surface area (Å²) in [6.45, 7) is 0. The number of nitrogens with one attached hydrogen (secondary N) is 1. The molecule has 2 rings (SSSR count). The fraction of sp³-hybridized carbons (Fsp3) is 0.444. The number of thiazole rings is 1. The van der Waals surface area contributed by atoms with Crippen molar-refractivity contribution in [1.29, 1.82) is 0 Å². The Bertz CT molecular complexity index is 400. The van der Waals surface area contributed by atoms with E-state index in [2.05, 4.69) is 15.5 Å². The second-order valence-electron chi connectivity index (χ2n) is 3.69. The zero-order valence-electron chi connectivity index (χ0n) is 8.46. The predicted molar refractivity (Wildman–Crippen MR) is 59.5 cm³/mol. The van der Waals surface area contributed by atoms with E-state index in [-0.39, 0.29) is 23.7 Å². The molecule has 1 aliphatic rings. The van der Waals surface area contributed by atoms with E-state index in [1.807, 2.05) is 0 Å². The summed E-state index contributed by atoms with van der Waals surface area (Å²) in [5, 5.41) is 15.9. The van der Waals surface area contributed by atoms with Gasteiger partial charge in [0.25, 0.3) is 5.91 Å². The Balaban J connectivity index is 2.03. The zero-order valence-corrected chi connectivity index (χ0v) is 9.28. The number of hydrogen-bond donors (Lipinski definition) is 3. The van der Waals surface area contributed by atoms with Crippen LogP contribution in [0, 0.1) is 5.92 Å². The highest BCUT2D eigenvalue weighted by Gasteiger charge is 2.35. The van der Waals surface area contributed by atoms with Crippen molar-refractivity contribution >= 4 is 23.1 Å². The van der Waals surface area contributed by atoms with Gasteiger partial charge in [0.05, 0.1) is 11.6 Å². The third kappa shape index (κ3) is 2.30. The van der Waals surface area contributed by atoms with Crippen LogP contribution in [-0.4, -0.2) is 28.0 Å². The van der Waals surface area contributed by atoms with Crippen LogP contribution in [0.1, 0.15) is 23.3 Å². The smallest absolute Gasteiger partial charge is 0.271 e. The Kier molecular flexibility index (Phi) is 3.04. The van der Waals surface area contributed by atoms with Gasteiger partial charge in [-0.05, 0) is 18.8 Å². The van der Waals surface area contributed by atoms with Gasteiger partial charge >= 0.3 is 0 Å². The predicted octanol–water partition coefficient (Wildman–Crippen LogP) is 0.398. The van der Waals surface area contributed by atoms with Crippen molar-refractivity contribution in [2.45, 2.75) is 18.9 Å². The van der Waals surface area contributed by atoms with Crippen LogP contribution in [0.5, 0.6) is 0 Å². The zero-order chi connectivity index (χ0) is 11.5. The lowest BCUT2D eigenvalue weighted by molar-refractivity contribution is 0.0938. The molecule has 1 aromatic heterocycles. The van der Waals surface area contributed by atoms with E-state index >= 15 is 0 Å². The van der Waals surface area contributed by atoms with E-state index in [1.165, 1.54) is 11.3 Å². The van der Waals surface area contributed by atoms with Crippen LogP contribution in [0.3, 0.4) is 0 Å². The number of aromatic nitrogens is 1. The highest BCUT2D eigenvalue weighted by atomic mass is 32.1. The van der Waals surface area contributed by atoms with Crippen LogP contribution < -0.4 is 11.1 Å². The molecule has 0 bridgehead atoms. The first-order chi connectivity index (χ1) is 7.72. The number of amides is 1. The fourth-order valence-corrected chi connectivity index (χ4v) is 2.00. The summed E-state index contributed by atoms with van der Waals surface area (Å²) < 4.78 is 0. The highest BCUT2D eigenvalue weighted by molar-refractivity contribution is 7.07. The molecule has 1 atom stereocenters. The van der Waals surface area contributed by atoms with Crippen LogP contribution in [0.2, 0.25) is 0 Å². The summed E-state index contributed by atoms with van der Waals surface area (Å²) in [6.07, 6.45) is 1.97. The molecule has 0 aliphatic heterocycles. The molecule has 1 amide bonds. The van der Waals surface area contributed by atoms with Crippen molar-refractivity contribution in [3.8, 4) is 0 Å². The Morgan fingerprint density at radius 2 is 2.50 bits per heavy atom. The molecule has 0 radical (unpaired) electrons. The monoisotopic (exact) mass is 240 g/mol. The highest BCUT2D eigenvalue weighted by Crippen LogP contribution is 2.32. The fourth-order valence-electron chi connectivity index (χ4n) is 1.46. The minimum Gasteiger partial charge on any atom is -0.409 e. The first kappa shape index (κ1) is 10.9. The lowest BCUT2D eigenvalue weighted by Gasteiger charge is -2.15. The summed E-state index contributed by atoms with van der Waals surface area (Å²) >= 11 is 1.35. The summed E-state index contributed by atoms with van der Waals surface area (Å²) in [4.78, 5) is 15.6. The van der Waals surface area contributed by atoms with E-state index in [4.69, 9.17) is 10.9 Å². The first-order valence-corrected chi connectivity index (χ1v) is 5.83. The quantitative estimate of drug-likeness (QED) is 0.307. The third-order valence-electron chi connectivity index (χ3n) is 2.48. The third-order valence-corrected chi connectivity index (χ3v) is 3.07. The summed E-state index contributed by atoms with van der Waals surface area (Å²) in [6, 6.07) is -0.390. The standard InChI is InChI=1S/C9H12N4O2S/c10-8(13-15)7(5-1-2-5)12-9(14)6-3-16-4-11-6/h3-5,7,15H,1-2H2,(H2,10,13)(H,12,14). The second-order valence-corrected chi connectivity index (χ2v) is 4.41. The van der Waals surface area contributed by atoms with Crippen molar-refractivity contribution in [2.24, 2.45) is 16.8 Å². The van der Waals surface area contributed by atoms with Crippen LogP contribution in [0.15, 0.2) is 16.0 Å². The maximum absolute atomic E-state index is 11.7. The van der Waals surface area contributed by atoms with Crippen LogP contribution in [-0.2, 0) is 0 Å². The second kappa shape index (κ2) is 4.48. The topological polar surface area (TPSA) is 101 Å². The van der Waals surface area contributed by atoms with Crippen molar-refractivity contribution in [3.63, 3.8) is 0 Å².